The lowest BCUT2D eigenvalue weighted by atomic mass is 10.1. The van der Waals surface area contributed by atoms with Crippen molar-refractivity contribution in [2.75, 3.05) is 5.73 Å². The molecule has 0 radical (unpaired) electrons. The number of fused-ring (bicyclic) bond motifs is 1. The average molecular weight is 498 g/mol. The van der Waals surface area contributed by atoms with Gasteiger partial charge in [-0.2, -0.15) is 4.52 Å². The van der Waals surface area contributed by atoms with E-state index in [4.69, 9.17) is 22.0 Å². The minimum absolute atomic E-state index is 0.166. The zero-order chi connectivity index (χ0) is 22.8. The van der Waals surface area contributed by atoms with Gasteiger partial charge in [-0.25, -0.2) is 19.8 Å². The van der Waals surface area contributed by atoms with Gasteiger partial charge in [0.25, 0.3) is 0 Å². The molecule has 9 heteroatoms. The fourth-order valence-electron chi connectivity index (χ4n) is 3.41. The molecule has 2 aromatic carbocycles. The van der Waals surface area contributed by atoms with Gasteiger partial charge in [-0.1, -0.05) is 54.6 Å². The molecule has 0 aliphatic heterocycles. The van der Waals surface area contributed by atoms with Crippen molar-refractivity contribution < 1.29 is 4.74 Å². The maximum atomic E-state index is 7.28. The van der Waals surface area contributed by atoms with Gasteiger partial charge in [-0.15, -0.1) is 5.10 Å². The van der Waals surface area contributed by atoms with Gasteiger partial charge in [0.1, 0.15) is 0 Å². The molecule has 3 heterocycles. The first-order valence-corrected chi connectivity index (χ1v) is 10.8. The van der Waals surface area contributed by atoms with Gasteiger partial charge in [0.05, 0.1) is 16.7 Å². The molecule has 1 atom stereocenters. The van der Waals surface area contributed by atoms with Crippen molar-refractivity contribution in [3.05, 3.63) is 106 Å². The standard InChI is InChI=1S/C24H16BrN7O/c1-27-17-11-7-10-16(14-17)20-19(25)23-30-22(31-32(23)24(26)29-20)21(15-8-3-2-4-9-15)33-18-12-5-6-13-28-18/h2-14,21H,(H2,26,29). The topological polar surface area (TPSA) is 95.6 Å². The number of hydrogen-bond acceptors (Lipinski definition) is 6. The monoisotopic (exact) mass is 497 g/mol. The average Bonchev–Trinajstić information content (AvgIpc) is 3.32. The second-order valence-electron chi connectivity index (χ2n) is 7.08. The van der Waals surface area contributed by atoms with Crippen LogP contribution in [0.1, 0.15) is 17.5 Å². The van der Waals surface area contributed by atoms with Crippen LogP contribution < -0.4 is 10.5 Å². The van der Waals surface area contributed by atoms with Gasteiger partial charge in [0, 0.05) is 17.8 Å². The lowest BCUT2D eigenvalue weighted by Gasteiger charge is -2.15. The Hall–Kier alpha value is -4.29. The Bertz CT molecular complexity index is 1480. The number of hydrogen-bond donors (Lipinski definition) is 1. The van der Waals surface area contributed by atoms with E-state index < -0.39 is 6.10 Å². The molecule has 2 N–H and O–H groups in total. The maximum Gasteiger partial charge on any atom is 0.223 e. The fraction of sp³-hybridized carbons (Fsp3) is 0.0417. The minimum atomic E-state index is -0.610. The number of nitrogens with zero attached hydrogens (tertiary/aromatic N) is 6. The van der Waals surface area contributed by atoms with E-state index in [0.29, 0.717) is 33.2 Å². The Morgan fingerprint density at radius 1 is 1.00 bits per heavy atom. The molecule has 0 saturated carbocycles. The van der Waals surface area contributed by atoms with E-state index in [0.717, 1.165) is 11.1 Å². The van der Waals surface area contributed by atoms with Crippen molar-refractivity contribution in [1.82, 2.24) is 24.6 Å². The Balaban J connectivity index is 1.65. The van der Waals surface area contributed by atoms with Crippen LogP contribution in [0.15, 0.2) is 83.5 Å². The largest absolute Gasteiger partial charge is 0.461 e. The molecule has 5 rings (SSSR count). The molecule has 0 aliphatic carbocycles. The van der Waals surface area contributed by atoms with Crippen LogP contribution >= 0.6 is 15.9 Å². The number of nitrogen functional groups attached to an aromatic ring is 1. The first-order valence-electron chi connectivity index (χ1n) is 9.96. The van der Waals surface area contributed by atoms with Gasteiger partial charge < -0.3 is 10.5 Å². The Morgan fingerprint density at radius 3 is 2.58 bits per heavy atom. The van der Waals surface area contributed by atoms with Crippen molar-refractivity contribution >= 4 is 33.2 Å². The molecular formula is C24H16BrN7O. The summed E-state index contributed by atoms with van der Waals surface area (Å²) in [6, 6.07) is 22.3. The normalized spacial score (nSPS) is 11.8. The molecule has 0 amide bonds. The third-order valence-electron chi connectivity index (χ3n) is 4.93. The van der Waals surface area contributed by atoms with Crippen LogP contribution in [-0.2, 0) is 0 Å². The molecular weight excluding hydrogens is 482 g/mol. The number of pyridine rings is 1. The molecule has 3 aromatic heterocycles. The summed E-state index contributed by atoms with van der Waals surface area (Å²) in [4.78, 5) is 17.0. The van der Waals surface area contributed by atoms with Gasteiger partial charge in [-0.3, -0.25) is 0 Å². The summed E-state index contributed by atoms with van der Waals surface area (Å²) < 4.78 is 8.27. The van der Waals surface area contributed by atoms with E-state index in [-0.39, 0.29) is 5.95 Å². The highest BCUT2D eigenvalue weighted by molar-refractivity contribution is 9.10. The lowest BCUT2D eigenvalue weighted by molar-refractivity contribution is 0.227. The van der Waals surface area contributed by atoms with Crippen LogP contribution in [0.2, 0.25) is 0 Å². The zero-order valence-corrected chi connectivity index (χ0v) is 18.7. The zero-order valence-electron chi connectivity index (χ0n) is 17.1. The van der Waals surface area contributed by atoms with Crippen LogP contribution in [0.25, 0.3) is 21.7 Å². The summed E-state index contributed by atoms with van der Waals surface area (Å²) in [6.07, 6.45) is 1.05. The van der Waals surface area contributed by atoms with E-state index in [1.165, 1.54) is 4.52 Å². The number of nitrogens with two attached hydrogens (primary N) is 1. The van der Waals surface area contributed by atoms with E-state index in [1.54, 1.807) is 30.5 Å². The highest BCUT2D eigenvalue weighted by atomic mass is 79.9. The van der Waals surface area contributed by atoms with Crippen LogP contribution in [0.5, 0.6) is 5.88 Å². The second-order valence-corrected chi connectivity index (χ2v) is 7.87. The third kappa shape index (κ3) is 4.00. The summed E-state index contributed by atoms with van der Waals surface area (Å²) in [6.45, 7) is 7.28. The molecule has 33 heavy (non-hydrogen) atoms. The fourth-order valence-corrected chi connectivity index (χ4v) is 3.98. The molecule has 0 aliphatic rings. The van der Waals surface area contributed by atoms with Crippen LogP contribution in [0, 0.1) is 6.57 Å². The summed E-state index contributed by atoms with van der Waals surface area (Å²) in [5.41, 5.74) is 9.45. The van der Waals surface area contributed by atoms with E-state index in [1.807, 2.05) is 48.5 Å². The molecule has 5 aromatic rings. The molecule has 0 bridgehead atoms. The lowest BCUT2D eigenvalue weighted by Crippen LogP contribution is -2.12. The predicted octanol–water partition coefficient (Wildman–Crippen LogP) is 5.25. The van der Waals surface area contributed by atoms with Crippen LogP contribution in [-0.4, -0.2) is 24.6 Å². The SMILES string of the molecule is [C-]#[N+]c1cccc(-c2nc(N)n3nc(C(Oc4ccccn4)c4ccccc4)nc3c2Br)c1. The maximum absolute atomic E-state index is 7.28. The third-order valence-corrected chi connectivity index (χ3v) is 5.66. The first-order chi connectivity index (χ1) is 16.1. The number of aromatic nitrogens is 5. The van der Waals surface area contributed by atoms with Crippen molar-refractivity contribution in [2.24, 2.45) is 0 Å². The Kier molecular flexibility index (Phi) is 5.42. The number of rotatable bonds is 5. The number of benzene rings is 2. The van der Waals surface area contributed by atoms with E-state index in [9.17, 15) is 0 Å². The quantitative estimate of drug-likeness (QED) is 0.333. The number of ether oxygens (including phenoxy) is 1. The van der Waals surface area contributed by atoms with Crippen molar-refractivity contribution in [2.45, 2.75) is 6.10 Å². The molecule has 0 saturated heterocycles. The van der Waals surface area contributed by atoms with Crippen molar-refractivity contribution in [3.8, 4) is 17.1 Å². The van der Waals surface area contributed by atoms with Crippen LogP contribution in [0.4, 0.5) is 11.6 Å². The number of anilines is 1. The van der Waals surface area contributed by atoms with Gasteiger partial charge in [-0.05, 0) is 33.6 Å². The Labute approximate surface area is 197 Å². The van der Waals surface area contributed by atoms with Gasteiger partial charge in [0.2, 0.25) is 11.8 Å². The van der Waals surface area contributed by atoms with Gasteiger partial charge >= 0.3 is 0 Å². The number of halogens is 1. The highest BCUT2D eigenvalue weighted by Crippen LogP contribution is 2.34. The van der Waals surface area contributed by atoms with Crippen LogP contribution in [0.3, 0.4) is 0 Å². The molecule has 8 nitrogen and oxygen atoms in total. The Morgan fingerprint density at radius 2 is 1.82 bits per heavy atom. The molecule has 160 valence electrons. The molecule has 0 spiro atoms. The van der Waals surface area contributed by atoms with E-state index in [2.05, 4.69) is 35.8 Å². The van der Waals surface area contributed by atoms with E-state index >= 15 is 0 Å². The highest BCUT2D eigenvalue weighted by Gasteiger charge is 2.25. The smallest absolute Gasteiger partial charge is 0.223 e. The minimum Gasteiger partial charge on any atom is -0.461 e. The predicted molar refractivity (Wildman–Crippen MR) is 128 cm³/mol. The summed E-state index contributed by atoms with van der Waals surface area (Å²) in [7, 11) is 0. The van der Waals surface area contributed by atoms with Gasteiger partial charge in [0.15, 0.2) is 23.3 Å². The summed E-state index contributed by atoms with van der Waals surface area (Å²) in [5.74, 6) is 1.03. The first kappa shape index (κ1) is 20.6. The van der Waals surface area contributed by atoms with Crippen molar-refractivity contribution in [3.63, 3.8) is 0 Å². The summed E-state index contributed by atoms with van der Waals surface area (Å²) in [5, 5.41) is 4.60. The molecule has 0 fully saturated rings. The second kappa shape index (κ2) is 8.68. The van der Waals surface area contributed by atoms with Crippen molar-refractivity contribution in [1.29, 1.82) is 0 Å². The summed E-state index contributed by atoms with van der Waals surface area (Å²) >= 11 is 3.61. The molecule has 1 unspecified atom stereocenters.